The zero-order valence-corrected chi connectivity index (χ0v) is 14.9. The summed E-state index contributed by atoms with van der Waals surface area (Å²) in [5.41, 5.74) is 3.89. The summed E-state index contributed by atoms with van der Waals surface area (Å²) in [5, 5.41) is 0. The number of nitrogens with zero attached hydrogens (tertiary/aromatic N) is 1. The molecule has 0 fully saturated rings. The van der Waals surface area contributed by atoms with Gasteiger partial charge in [0.2, 0.25) is 0 Å². The zero-order valence-electron chi connectivity index (χ0n) is 14.9. The number of carbonyl (C=O) groups is 2. The summed E-state index contributed by atoms with van der Waals surface area (Å²) in [4.78, 5) is 26.3. The standard InChI is InChI=1S/C21H23NO3/c1-14-9-10-18(21-17(23)11-15(2)20(14)21)25-13-19(24)22(3)12-16-7-5-4-6-8-16/h4-10,15H,11-13H2,1-3H3. The second-order valence-electron chi connectivity index (χ2n) is 6.72. The molecule has 0 aliphatic heterocycles. The van der Waals surface area contributed by atoms with Crippen LogP contribution in [0.5, 0.6) is 5.75 Å². The van der Waals surface area contributed by atoms with Gasteiger partial charge >= 0.3 is 0 Å². The van der Waals surface area contributed by atoms with Gasteiger partial charge in [0.15, 0.2) is 12.4 Å². The van der Waals surface area contributed by atoms with Gasteiger partial charge in [0, 0.05) is 20.0 Å². The molecule has 0 radical (unpaired) electrons. The van der Waals surface area contributed by atoms with Crippen molar-refractivity contribution in [3.05, 3.63) is 64.7 Å². The van der Waals surface area contributed by atoms with Crippen LogP contribution in [-0.2, 0) is 11.3 Å². The molecule has 3 rings (SSSR count). The molecule has 0 bridgehead atoms. The fraction of sp³-hybridized carbons (Fsp3) is 0.333. The summed E-state index contributed by atoms with van der Waals surface area (Å²) >= 11 is 0. The number of aryl methyl sites for hydroxylation is 1. The summed E-state index contributed by atoms with van der Waals surface area (Å²) in [6.45, 7) is 4.53. The summed E-state index contributed by atoms with van der Waals surface area (Å²) in [7, 11) is 1.76. The molecule has 0 saturated carbocycles. The van der Waals surface area contributed by atoms with E-state index in [2.05, 4.69) is 6.92 Å². The van der Waals surface area contributed by atoms with Gasteiger partial charge in [-0.25, -0.2) is 0 Å². The topological polar surface area (TPSA) is 46.6 Å². The molecule has 0 spiro atoms. The van der Waals surface area contributed by atoms with Crippen molar-refractivity contribution < 1.29 is 14.3 Å². The molecule has 130 valence electrons. The summed E-state index contributed by atoms with van der Waals surface area (Å²) < 4.78 is 5.73. The van der Waals surface area contributed by atoms with E-state index < -0.39 is 0 Å². The monoisotopic (exact) mass is 337 g/mol. The minimum atomic E-state index is -0.114. The van der Waals surface area contributed by atoms with Crippen molar-refractivity contribution in [2.75, 3.05) is 13.7 Å². The van der Waals surface area contributed by atoms with Crippen LogP contribution in [0.1, 0.15) is 46.3 Å². The van der Waals surface area contributed by atoms with Crippen LogP contribution in [-0.4, -0.2) is 30.2 Å². The molecular weight excluding hydrogens is 314 g/mol. The molecule has 1 aliphatic carbocycles. The number of Topliss-reactive ketones (excluding diaryl/α,β-unsaturated/α-hetero) is 1. The van der Waals surface area contributed by atoms with Gasteiger partial charge in [0.1, 0.15) is 5.75 Å². The highest BCUT2D eigenvalue weighted by molar-refractivity contribution is 6.04. The van der Waals surface area contributed by atoms with Crippen molar-refractivity contribution in [2.45, 2.75) is 32.7 Å². The molecule has 4 nitrogen and oxygen atoms in total. The minimum Gasteiger partial charge on any atom is -0.483 e. The molecular formula is C21H23NO3. The highest BCUT2D eigenvalue weighted by Crippen LogP contribution is 2.40. The van der Waals surface area contributed by atoms with Crippen molar-refractivity contribution in [1.29, 1.82) is 0 Å². The average Bonchev–Trinajstić information content (AvgIpc) is 2.90. The minimum absolute atomic E-state index is 0.0690. The van der Waals surface area contributed by atoms with E-state index >= 15 is 0 Å². The number of hydrogen-bond acceptors (Lipinski definition) is 3. The van der Waals surface area contributed by atoms with E-state index in [4.69, 9.17) is 4.74 Å². The van der Waals surface area contributed by atoms with Crippen molar-refractivity contribution in [2.24, 2.45) is 0 Å². The van der Waals surface area contributed by atoms with Crippen LogP contribution in [0, 0.1) is 6.92 Å². The number of ether oxygens (including phenoxy) is 1. The molecule has 1 atom stereocenters. The number of rotatable bonds is 5. The smallest absolute Gasteiger partial charge is 0.260 e. The number of ketones is 1. The van der Waals surface area contributed by atoms with E-state index in [1.54, 1.807) is 18.0 Å². The first-order valence-corrected chi connectivity index (χ1v) is 8.54. The molecule has 0 aromatic heterocycles. The van der Waals surface area contributed by atoms with E-state index in [0.29, 0.717) is 24.3 Å². The van der Waals surface area contributed by atoms with E-state index in [0.717, 1.165) is 16.7 Å². The molecule has 2 aromatic carbocycles. The predicted octanol–water partition coefficient (Wildman–Crippen LogP) is 3.72. The van der Waals surface area contributed by atoms with Gasteiger partial charge in [-0.2, -0.15) is 0 Å². The molecule has 4 heteroatoms. The molecule has 1 unspecified atom stereocenters. The second-order valence-corrected chi connectivity index (χ2v) is 6.72. The van der Waals surface area contributed by atoms with Crippen LogP contribution in [0.15, 0.2) is 42.5 Å². The Kier molecular flexibility index (Phi) is 4.88. The SMILES string of the molecule is Cc1ccc(OCC(=O)N(C)Cc2ccccc2)c2c1C(C)CC2=O. The molecule has 0 N–H and O–H groups in total. The Balaban J connectivity index is 1.68. The fourth-order valence-electron chi connectivity index (χ4n) is 3.42. The molecule has 25 heavy (non-hydrogen) atoms. The number of benzene rings is 2. The van der Waals surface area contributed by atoms with Crippen LogP contribution in [0.4, 0.5) is 0 Å². The van der Waals surface area contributed by atoms with Gasteiger partial charge in [-0.05, 0) is 35.6 Å². The van der Waals surface area contributed by atoms with Gasteiger partial charge in [-0.1, -0.05) is 43.3 Å². The van der Waals surface area contributed by atoms with Crippen LogP contribution in [0.3, 0.4) is 0 Å². The summed E-state index contributed by atoms with van der Waals surface area (Å²) in [6, 6.07) is 13.6. The van der Waals surface area contributed by atoms with Crippen molar-refractivity contribution in [1.82, 2.24) is 4.90 Å². The van der Waals surface area contributed by atoms with Gasteiger partial charge < -0.3 is 9.64 Å². The summed E-state index contributed by atoms with van der Waals surface area (Å²) in [5.74, 6) is 0.724. The maximum absolute atomic E-state index is 12.3. The molecule has 2 aromatic rings. The first-order valence-electron chi connectivity index (χ1n) is 8.54. The maximum atomic E-state index is 12.3. The third-order valence-corrected chi connectivity index (χ3v) is 4.73. The van der Waals surface area contributed by atoms with Gasteiger partial charge in [0.25, 0.3) is 5.91 Å². The van der Waals surface area contributed by atoms with E-state index in [1.165, 1.54) is 0 Å². The Labute approximate surface area is 148 Å². The lowest BCUT2D eigenvalue weighted by Crippen LogP contribution is -2.31. The average molecular weight is 337 g/mol. The van der Waals surface area contributed by atoms with Crippen LogP contribution in [0.2, 0.25) is 0 Å². The van der Waals surface area contributed by atoms with Crippen LogP contribution < -0.4 is 4.74 Å². The predicted molar refractivity (Wildman–Crippen MR) is 97.0 cm³/mol. The lowest BCUT2D eigenvalue weighted by atomic mass is 9.97. The largest absolute Gasteiger partial charge is 0.483 e. The molecule has 0 saturated heterocycles. The van der Waals surface area contributed by atoms with E-state index in [-0.39, 0.29) is 24.2 Å². The fourth-order valence-corrected chi connectivity index (χ4v) is 3.42. The normalized spacial score (nSPS) is 15.8. The lowest BCUT2D eigenvalue weighted by Gasteiger charge is -2.18. The van der Waals surface area contributed by atoms with E-state index in [1.807, 2.05) is 43.3 Å². The second kappa shape index (κ2) is 7.09. The lowest BCUT2D eigenvalue weighted by molar-refractivity contribution is -0.132. The first kappa shape index (κ1) is 17.2. The highest BCUT2D eigenvalue weighted by Gasteiger charge is 2.31. The number of likely N-dealkylation sites (N-methyl/N-ethyl adjacent to an activating group) is 1. The molecule has 1 aliphatic rings. The zero-order chi connectivity index (χ0) is 18.0. The first-order chi connectivity index (χ1) is 12.0. The maximum Gasteiger partial charge on any atom is 0.260 e. The number of amides is 1. The van der Waals surface area contributed by atoms with Gasteiger partial charge in [0.05, 0.1) is 5.56 Å². The Morgan fingerprint density at radius 2 is 1.92 bits per heavy atom. The van der Waals surface area contributed by atoms with Crippen LogP contribution >= 0.6 is 0 Å². The third-order valence-electron chi connectivity index (χ3n) is 4.73. The Bertz CT molecular complexity index is 798. The highest BCUT2D eigenvalue weighted by atomic mass is 16.5. The van der Waals surface area contributed by atoms with E-state index in [9.17, 15) is 9.59 Å². The summed E-state index contributed by atoms with van der Waals surface area (Å²) in [6.07, 6.45) is 0.512. The van der Waals surface area contributed by atoms with Crippen molar-refractivity contribution in [3.8, 4) is 5.75 Å². The van der Waals surface area contributed by atoms with Gasteiger partial charge in [-0.3, -0.25) is 9.59 Å². The van der Waals surface area contributed by atoms with Gasteiger partial charge in [-0.15, -0.1) is 0 Å². The number of fused-ring (bicyclic) bond motifs is 1. The Morgan fingerprint density at radius 3 is 2.64 bits per heavy atom. The quantitative estimate of drug-likeness (QED) is 0.835. The Morgan fingerprint density at radius 1 is 1.20 bits per heavy atom. The third kappa shape index (κ3) is 3.58. The van der Waals surface area contributed by atoms with Crippen molar-refractivity contribution >= 4 is 11.7 Å². The number of carbonyl (C=O) groups excluding carboxylic acids is 2. The Hall–Kier alpha value is -2.62. The molecule has 1 amide bonds. The van der Waals surface area contributed by atoms with Crippen molar-refractivity contribution in [3.63, 3.8) is 0 Å². The molecule has 0 heterocycles. The number of hydrogen-bond donors (Lipinski definition) is 0. The van der Waals surface area contributed by atoms with Crippen LogP contribution in [0.25, 0.3) is 0 Å².